The highest BCUT2D eigenvalue weighted by atomic mass is 79.9. The zero-order valence-corrected chi connectivity index (χ0v) is 9.51. The smallest absolute Gasteiger partial charge is 0.141 e. The standard InChI is InChI=1S/C10H8BrFS/c1-6-5-13-10-8(12)3-2-7(4-11)9(6)10/h2-3,5H,4H2,1H3. The Morgan fingerprint density at radius 1 is 1.46 bits per heavy atom. The first-order valence-electron chi connectivity index (χ1n) is 3.95. The molecule has 0 unspecified atom stereocenters. The Morgan fingerprint density at radius 3 is 2.92 bits per heavy atom. The fourth-order valence-electron chi connectivity index (χ4n) is 1.46. The lowest BCUT2D eigenvalue weighted by atomic mass is 10.1. The Kier molecular flexibility index (Phi) is 2.39. The second kappa shape index (κ2) is 3.39. The Balaban J connectivity index is 2.88. The highest BCUT2D eigenvalue weighted by Crippen LogP contribution is 2.31. The van der Waals surface area contributed by atoms with Crippen LogP contribution in [0.15, 0.2) is 17.5 Å². The molecule has 0 amide bonds. The Hall–Kier alpha value is -0.410. The number of aryl methyl sites for hydroxylation is 1. The molecule has 0 saturated heterocycles. The third-order valence-electron chi connectivity index (χ3n) is 2.09. The van der Waals surface area contributed by atoms with E-state index in [4.69, 9.17) is 0 Å². The van der Waals surface area contributed by atoms with Gasteiger partial charge < -0.3 is 0 Å². The van der Waals surface area contributed by atoms with E-state index in [1.165, 1.54) is 17.4 Å². The van der Waals surface area contributed by atoms with Crippen LogP contribution in [-0.4, -0.2) is 0 Å². The molecule has 2 aromatic rings. The predicted molar refractivity (Wildman–Crippen MR) is 59.2 cm³/mol. The number of fused-ring (bicyclic) bond motifs is 1. The minimum atomic E-state index is -0.113. The van der Waals surface area contributed by atoms with Crippen molar-refractivity contribution in [3.05, 3.63) is 34.5 Å². The van der Waals surface area contributed by atoms with Crippen molar-refractivity contribution in [2.24, 2.45) is 0 Å². The molecule has 68 valence electrons. The molecule has 0 aliphatic rings. The van der Waals surface area contributed by atoms with Gasteiger partial charge in [-0.05, 0) is 29.5 Å². The van der Waals surface area contributed by atoms with Gasteiger partial charge in [-0.1, -0.05) is 22.0 Å². The number of halogens is 2. The first-order chi connectivity index (χ1) is 6.24. The molecule has 1 aromatic carbocycles. The third-order valence-corrected chi connectivity index (χ3v) is 3.80. The summed E-state index contributed by atoms with van der Waals surface area (Å²) in [5, 5.41) is 3.85. The molecule has 0 radical (unpaired) electrons. The topological polar surface area (TPSA) is 0 Å². The van der Waals surface area contributed by atoms with Crippen molar-refractivity contribution in [2.45, 2.75) is 12.3 Å². The van der Waals surface area contributed by atoms with Crippen molar-refractivity contribution in [2.75, 3.05) is 0 Å². The summed E-state index contributed by atoms with van der Waals surface area (Å²) in [5.74, 6) is -0.113. The van der Waals surface area contributed by atoms with E-state index in [1.54, 1.807) is 0 Å². The molecular formula is C10H8BrFS. The van der Waals surface area contributed by atoms with Gasteiger partial charge in [0.25, 0.3) is 0 Å². The number of alkyl halides is 1. The average Bonchev–Trinajstić information content (AvgIpc) is 2.51. The SMILES string of the molecule is Cc1csc2c(F)ccc(CBr)c12. The van der Waals surface area contributed by atoms with Gasteiger partial charge in [-0.25, -0.2) is 4.39 Å². The van der Waals surface area contributed by atoms with Crippen molar-refractivity contribution in [1.82, 2.24) is 0 Å². The summed E-state index contributed by atoms with van der Waals surface area (Å²) in [6.45, 7) is 2.02. The quantitative estimate of drug-likeness (QED) is 0.672. The lowest BCUT2D eigenvalue weighted by molar-refractivity contribution is 0.641. The van der Waals surface area contributed by atoms with Gasteiger partial charge in [0.2, 0.25) is 0 Å². The number of hydrogen-bond donors (Lipinski definition) is 0. The minimum absolute atomic E-state index is 0.113. The highest BCUT2D eigenvalue weighted by molar-refractivity contribution is 9.08. The summed E-state index contributed by atoms with van der Waals surface area (Å²) in [5.41, 5.74) is 2.32. The van der Waals surface area contributed by atoms with E-state index in [-0.39, 0.29) is 5.82 Å². The van der Waals surface area contributed by atoms with Crippen molar-refractivity contribution in [3.8, 4) is 0 Å². The van der Waals surface area contributed by atoms with Crippen LogP contribution in [0.1, 0.15) is 11.1 Å². The number of rotatable bonds is 1. The Morgan fingerprint density at radius 2 is 2.23 bits per heavy atom. The van der Waals surface area contributed by atoms with Gasteiger partial charge in [0.1, 0.15) is 5.82 Å². The highest BCUT2D eigenvalue weighted by Gasteiger charge is 2.08. The van der Waals surface area contributed by atoms with E-state index in [0.717, 1.165) is 26.5 Å². The summed E-state index contributed by atoms with van der Waals surface area (Å²) in [4.78, 5) is 0. The van der Waals surface area contributed by atoms with Crippen LogP contribution in [-0.2, 0) is 5.33 Å². The summed E-state index contributed by atoms with van der Waals surface area (Å²) >= 11 is 4.88. The molecule has 0 saturated carbocycles. The lowest BCUT2D eigenvalue weighted by Crippen LogP contribution is -1.83. The number of thiophene rings is 1. The second-order valence-electron chi connectivity index (χ2n) is 2.96. The second-order valence-corrected chi connectivity index (χ2v) is 4.40. The van der Waals surface area contributed by atoms with Crippen LogP contribution in [0, 0.1) is 12.7 Å². The van der Waals surface area contributed by atoms with E-state index in [9.17, 15) is 4.39 Å². The van der Waals surface area contributed by atoms with Crippen LogP contribution in [0.3, 0.4) is 0 Å². The van der Waals surface area contributed by atoms with Gasteiger partial charge in [0.05, 0.1) is 4.70 Å². The molecule has 0 N–H and O–H groups in total. The Bertz CT molecular complexity index is 447. The lowest BCUT2D eigenvalue weighted by Gasteiger charge is -2.00. The largest absolute Gasteiger partial charge is 0.205 e. The summed E-state index contributed by atoms with van der Waals surface area (Å²) in [6.07, 6.45) is 0. The monoisotopic (exact) mass is 258 g/mol. The number of hydrogen-bond acceptors (Lipinski definition) is 1. The van der Waals surface area contributed by atoms with Crippen molar-refractivity contribution >= 4 is 37.4 Å². The first kappa shape index (κ1) is 9.16. The minimum Gasteiger partial charge on any atom is -0.205 e. The van der Waals surface area contributed by atoms with Gasteiger partial charge in [0.15, 0.2) is 0 Å². The summed E-state index contributed by atoms with van der Waals surface area (Å²) in [7, 11) is 0. The van der Waals surface area contributed by atoms with E-state index in [2.05, 4.69) is 15.9 Å². The van der Waals surface area contributed by atoms with Crippen molar-refractivity contribution in [1.29, 1.82) is 0 Å². The van der Waals surface area contributed by atoms with E-state index in [0.29, 0.717) is 0 Å². The first-order valence-corrected chi connectivity index (χ1v) is 5.95. The van der Waals surface area contributed by atoms with E-state index < -0.39 is 0 Å². The fraction of sp³-hybridized carbons (Fsp3) is 0.200. The molecule has 13 heavy (non-hydrogen) atoms. The van der Waals surface area contributed by atoms with E-state index >= 15 is 0 Å². The molecule has 0 atom stereocenters. The molecular weight excluding hydrogens is 251 g/mol. The van der Waals surface area contributed by atoms with Crippen LogP contribution in [0.5, 0.6) is 0 Å². The molecule has 0 aliphatic heterocycles. The molecule has 3 heteroatoms. The maximum Gasteiger partial charge on any atom is 0.141 e. The maximum atomic E-state index is 13.3. The molecule has 0 spiro atoms. The number of benzene rings is 1. The van der Waals surface area contributed by atoms with Gasteiger partial charge >= 0.3 is 0 Å². The maximum absolute atomic E-state index is 13.3. The van der Waals surface area contributed by atoms with Gasteiger partial charge in [-0.3, -0.25) is 0 Å². The van der Waals surface area contributed by atoms with E-state index in [1.807, 2.05) is 18.4 Å². The molecule has 0 aliphatic carbocycles. The van der Waals surface area contributed by atoms with Gasteiger partial charge in [-0.2, -0.15) is 0 Å². The molecule has 1 heterocycles. The zero-order chi connectivity index (χ0) is 9.42. The summed E-state index contributed by atoms with van der Waals surface area (Å²) in [6, 6.07) is 3.38. The average molecular weight is 259 g/mol. The fourth-order valence-corrected chi connectivity index (χ4v) is 2.93. The van der Waals surface area contributed by atoms with Crippen molar-refractivity contribution < 1.29 is 4.39 Å². The van der Waals surface area contributed by atoms with Gasteiger partial charge in [0, 0.05) is 10.7 Å². The predicted octanol–water partition coefficient (Wildman–Crippen LogP) is 4.24. The third kappa shape index (κ3) is 1.40. The molecule has 0 nitrogen and oxygen atoms in total. The van der Waals surface area contributed by atoms with Crippen LogP contribution in [0.4, 0.5) is 4.39 Å². The van der Waals surface area contributed by atoms with Crippen LogP contribution < -0.4 is 0 Å². The molecule has 1 aromatic heterocycles. The molecule has 0 bridgehead atoms. The van der Waals surface area contributed by atoms with Crippen LogP contribution in [0.25, 0.3) is 10.1 Å². The zero-order valence-electron chi connectivity index (χ0n) is 7.10. The normalized spacial score (nSPS) is 11.0. The Labute approximate surface area is 88.5 Å². The van der Waals surface area contributed by atoms with Gasteiger partial charge in [-0.15, -0.1) is 11.3 Å². The molecule has 2 rings (SSSR count). The molecule has 0 fully saturated rings. The van der Waals surface area contributed by atoms with Crippen LogP contribution in [0.2, 0.25) is 0 Å². The van der Waals surface area contributed by atoms with Crippen LogP contribution >= 0.6 is 27.3 Å². The summed E-state index contributed by atoms with van der Waals surface area (Å²) < 4.78 is 14.1. The van der Waals surface area contributed by atoms with Crippen molar-refractivity contribution in [3.63, 3.8) is 0 Å².